The maximum atomic E-state index is 3.58. The van der Waals surface area contributed by atoms with Gasteiger partial charge in [-0.1, -0.05) is 13.0 Å². The van der Waals surface area contributed by atoms with E-state index >= 15 is 0 Å². The Bertz CT molecular complexity index is 428. The lowest BCUT2D eigenvalue weighted by atomic mass is 10.0. The van der Waals surface area contributed by atoms with Gasteiger partial charge in [-0.3, -0.25) is 0 Å². The topological polar surface area (TPSA) is 18.5 Å². The molecule has 106 valence electrons. The van der Waals surface area contributed by atoms with Gasteiger partial charge in [-0.15, -0.1) is 0 Å². The fraction of sp³-hybridized carbons (Fsp3) is 0.625. The Labute approximate surface area is 117 Å². The van der Waals surface area contributed by atoms with Gasteiger partial charge in [0.15, 0.2) is 0 Å². The molecule has 0 spiro atoms. The average molecular weight is 261 g/mol. The van der Waals surface area contributed by atoms with Crippen molar-refractivity contribution in [1.82, 2.24) is 5.32 Å². The highest BCUT2D eigenvalue weighted by atomic mass is 15.2. The van der Waals surface area contributed by atoms with Crippen LogP contribution in [0.15, 0.2) is 18.2 Å². The van der Waals surface area contributed by atoms with Crippen LogP contribution < -0.4 is 15.1 Å². The van der Waals surface area contributed by atoms with Gasteiger partial charge in [0.25, 0.3) is 0 Å². The molecule has 2 rings (SSSR count). The van der Waals surface area contributed by atoms with E-state index in [9.17, 15) is 0 Å². The first kappa shape index (κ1) is 14.2. The number of aryl methyl sites for hydroxylation is 1. The van der Waals surface area contributed by atoms with Gasteiger partial charge >= 0.3 is 0 Å². The second-order valence-corrected chi connectivity index (χ2v) is 5.89. The van der Waals surface area contributed by atoms with Crippen molar-refractivity contribution in [2.75, 3.05) is 37.0 Å². The molecule has 0 aromatic heterocycles. The molecular formula is C16H27N3. The summed E-state index contributed by atoms with van der Waals surface area (Å²) >= 11 is 0. The molecule has 1 saturated heterocycles. The maximum absolute atomic E-state index is 3.58. The van der Waals surface area contributed by atoms with Crippen LogP contribution in [0.1, 0.15) is 25.8 Å². The van der Waals surface area contributed by atoms with Crippen LogP contribution in [0, 0.1) is 6.92 Å². The Balaban J connectivity index is 2.31. The SMILES string of the molecule is CCC1CNC(C)CN1c1ccc(C)c(N(C)C)c1. The summed E-state index contributed by atoms with van der Waals surface area (Å²) in [5.41, 5.74) is 4.01. The van der Waals surface area contributed by atoms with Crippen LogP contribution in [-0.4, -0.2) is 39.3 Å². The van der Waals surface area contributed by atoms with Crippen LogP contribution in [0.3, 0.4) is 0 Å². The van der Waals surface area contributed by atoms with Gasteiger partial charge in [-0.05, 0) is 38.0 Å². The lowest BCUT2D eigenvalue weighted by Gasteiger charge is -2.41. The first-order chi connectivity index (χ1) is 9.02. The summed E-state index contributed by atoms with van der Waals surface area (Å²) in [4.78, 5) is 4.76. The monoisotopic (exact) mass is 261 g/mol. The quantitative estimate of drug-likeness (QED) is 0.902. The third-order valence-electron chi connectivity index (χ3n) is 4.09. The van der Waals surface area contributed by atoms with Crippen molar-refractivity contribution in [1.29, 1.82) is 0 Å². The van der Waals surface area contributed by atoms with E-state index in [1.165, 1.54) is 23.4 Å². The zero-order chi connectivity index (χ0) is 14.0. The number of benzene rings is 1. The van der Waals surface area contributed by atoms with Crippen LogP contribution in [0.2, 0.25) is 0 Å². The molecule has 1 heterocycles. The molecule has 2 unspecified atom stereocenters. The van der Waals surface area contributed by atoms with Crippen molar-refractivity contribution in [2.24, 2.45) is 0 Å². The van der Waals surface area contributed by atoms with Crippen molar-refractivity contribution >= 4 is 11.4 Å². The summed E-state index contributed by atoms with van der Waals surface area (Å²) in [7, 11) is 4.23. The standard InChI is InChI=1S/C16H27N3/c1-6-14-10-17-13(3)11-19(14)15-8-7-12(2)16(9-15)18(4)5/h7-9,13-14,17H,6,10-11H2,1-5H3. The number of hydrogen-bond donors (Lipinski definition) is 1. The molecule has 1 aromatic rings. The molecular weight excluding hydrogens is 234 g/mol. The molecule has 1 aliphatic rings. The molecule has 1 aromatic carbocycles. The highest BCUT2D eigenvalue weighted by molar-refractivity contribution is 5.63. The molecule has 0 bridgehead atoms. The number of hydrogen-bond acceptors (Lipinski definition) is 3. The van der Waals surface area contributed by atoms with E-state index in [0.717, 1.165) is 13.1 Å². The molecule has 3 heteroatoms. The summed E-state index contributed by atoms with van der Waals surface area (Å²) in [6.45, 7) is 8.89. The summed E-state index contributed by atoms with van der Waals surface area (Å²) in [5, 5.41) is 3.58. The van der Waals surface area contributed by atoms with Crippen molar-refractivity contribution in [3.05, 3.63) is 23.8 Å². The van der Waals surface area contributed by atoms with Crippen LogP contribution in [0.25, 0.3) is 0 Å². The van der Waals surface area contributed by atoms with Crippen molar-refractivity contribution < 1.29 is 0 Å². The molecule has 0 aliphatic carbocycles. The minimum Gasteiger partial charge on any atom is -0.377 e. The first-order valence-electron chi connectivity index (χ1n) is 7.31. The zero-order valence-electron chi connectivity index (χ0n) is 12.9. The molecule has 3 nitrogen and oxygen atoms in total. The number of piperazine rings is 1. The Morgan fingerprint density at radius 3 is 2.74 bits per heavy atom. The van der Waals surface area contributed by atoms with Gasteiger partial charge in [0, 0.05) is 50.6 Å². The Hall–Kier alpha value is -1.22. The predicted molar refractivity (Wildman–Crippen MR) is 84.4 cm³/mol. The third-order valence-corrected chi connectivity index (χ3v) is 4.09. The minimum atomic E-state index is 0.562. The second-order valence-electron chi connectivity index (χ2n) is 5.89. The summed E-state index contributed by atoms with van der Waals surface area (Å²) < 4.78 is 0. The van der Waals surface area contributed by atoms with Gasteiger partial charge in [0.1, 0.15) is 0 Å². The molecule has 0 amide bonds. The minimum absolute atomic E-state index is 0.562. The van der Waals surface area contributed by atoms with E-state index < -0.39 is 0 Å². The summed E-state index contributed by atoms with van der Waals surface area (Å²) in [6, 6.07) is 8.00. The zero-order valence-corrected chi connectivity index (χ0v) is 12.9. The summed E-state index contributed by atoms with van der Waals surface area (Å²) in [6.07, 6.45) is 1.19. The van der Waals surface area contributed by atoms with Crippen LogP contribution in [0.4, 0.5) is 11.4 Å². The van der Waals surface area contributed by atoms with Crippen molar-refractivity contribution in [3.8, 4) is 0 Å². The molecule has 0 radical (unpaired) electrons. The van der Waals surface area contributed by atoms with Crippen LogP contribution in [0.5, 0.6) is 0 Å². The normalized spacial score (nSPS) is 23.5. The first-order valence-corrected chi connectivity index (χ1v) is 7.31. The predicted octanol–water partition coefficient (Wildman–Crippen LogP) is 2.64. The van der Waals surface area contributed by atoms with E-state index in [0.29, 0.717) is 12.1 Å². The molecule has 1 fully saturated rings. The van der Waals surface area contributed by atoms with E-state index in [1.807, 2.05) is 0 Å². The van der Waals surface area contributed by atoms with E-state index in [4.69, 9.17) is 0 Å². The fourth-order valence-electron chi connectivity index (χ4n) is 2.90. The van der Waals surface area contributed by atoms with Gasteiger partial charge in [0.05, 0.1) is 0 Å². The lowest BCUT2D eigenvalue weighted by molar-refractivity contribution is 0.402. The van der Waals surface area contributed by atoms with Gasteiger partial charge in [-0.2, -0.15) is 0 Å². The van der Waals surface area contributed by atoms with E-state index in [1.54, 1.807) is 0 Å². The van der Waals surface area contributed by atoms with Crippen LogP contribution >= 0.6 is 0 Å². The molecule has 1 aliphatic heterocycles. The lowest BCUT2D eigenvalue weighted by Crippen LogP contribution is -2.55. The van der Waals surface area contributed by atoms with E-state index in [-0.39, 0.29) is 0 Å². The van der Waals surface area contributed by atoms with Gasteiger partial charge in [-0.25, -0.2) is 0 Å². The highest BCUT2D eigenvalue weighted by Gasteiger charge is 2.25. The third kappa shape index (κ3) is 3.03. The fourth-order valence-corrected chi connectivity index (χ4v) is 2.90. The largest absolute Gasteiger partial charge is 0.377 e. The average Bonchev–Trinajstić information content (AvgIpc) is 2.39. The Kier molecular flexibility index (Phi) is 4.35. The van der Waals surface area contributed by atoms with E-state index in [2.05, 4.69) is 68.2 Å². The van der Waals surface area contributed by atoms with Gasteiger partial charge in [0.2, 0.25) is 0 Å². The number of nitrogens with one attached hydrogen (secondary N) is 1. The number of nitrogens with zero attached hydrogens (tertiary/aromatic N) is 2. The molecule has 19 heavy (non-hydrogen) atoms. The van der Waals surface area contributed by atoms with Crippen LogP contribution in [-0.2, 0) is 0 Å². The Morgan fingerprint density at radius 2 is 2.11 bits per heavy atom. The second kappa shape index (κ2) is 5.83. The maximum Gasteiger partial charge on any atom is 0.0412 e. The number of rotatable bonds is 3. The molecule has 2 atom stereocenters. The van der Waals surface area contributed by atoms with Crippen molar-refractivity contribution in [3.63, 3.8) is 0 Å². The number of anilines is 2. The smallest absolute Gasteiger partial charge is 0.0412 e. The summed E-state index contributed by atoms with van der Waals surface area (Å²) in [5.74, 6) is 0. The molecule has 0 saturated carbocycles. The molecule has 1 N–H and O–H groups in total. The van der Waals surface area contributed by atoms with Crippen molar-refractivity contribution in [2.45, 2.75) is 39.3 Å². The highest BCUT2D eigenvalue weighted by Crippen LogP contribution is 2.28. The van der Waals surface area contributed by atoms with Gasteiger partial charge < -0.3 is 15.1 Å². The Morgan fingerprint density at radius 1 is 1.37 bits per heavy atom.